The van der Waals surface area contributed by atoms with Gasteiger partial charge in [0.15, 0.2) is 0 Å². The molecule has 4 heteroatoms. The minimum Gasteiger partial charge on any atom is -0.437 e. The summed E-state index contributed by atoms with van der Waals surface area (Å²) in [4.78, 5) is 10.3. The van der Waals surface area contributed by atoms with Gasteiger partial charge in [-0.15, -0.1) is 11.3 Å². The van der Waals surface area contributed by atoms with Crippen LogP contribution in [0.4, 0.5) is 0 Å². The lowest BCUT2D eigenvalue weighted by molar-refractivity contribution is 0.653. The van der Waals surface area contributed by atoms with E-state index in [1.807, 2.05) is 19.1 Å². The third-order valence-electron chi connectivity index (χ3n) is 4.10. The third kappa shape index (κ3) is 1.88. The first-order valence-electron chi connectivity index (χ1n) is 7.43. The molecule has 3 nitrogen and oxygen atoms in total. The number of furan rings is 1. The Kier molecular flexibility index (Phi) is 2.58. The number of pyridine rings is 2. The maximum Gasteiger partial charge on any atom is 0.227 e. The quantitative estimate of drug-likeness (QED) is 0.406. The van der Waals surface area contributed by atoms with Crippen LogP contribution < -0.4 is 0 Å². The standard InChI is InChI=1S/C19H12N2OS/c1-11-5-7-14-13-3-2-4-15(17(13)22-18(14)20-11)16-8-6-12-9-10-23-19(12)21-16/h2-10H,1H3. The summed E-state index contributed by atoms with van der Waals surface area (Å²) in [5.41, 5.74) is 4.43. The summed E-state index contributed by atoms with van der Waals surface area (Å²) in [6, 6.07) is 16.5. The molecule has 0 fully saturated rings. The number of hydrogen-bond donors (Lipinski definition) is 0. The van der Waals surface area contributed by atoms with Crippen molar-refractivity contribution in [2.75, 3.05) is 0 Å². The molecule has 110 valence electrons. The van der Waals surface area contributed by atoms with E-state index in [0.29, 0.717) is 5.71 Å². The van der Waals surface area contributed by atoms with Crippen LogP contribution in [0.2, 0.25) is 0 Å². The molecule has 0 spiro atoms. The summed E-state index contributed by atoms with van der Waals surface area (Å²) in [6.07, 6.45) is 0. The number of para-hydroxylation sites is 1. The van der Waals surface area contributed by atoms with E-state index in [0.717, 1.165) is 38.1 Å². The lowest BCUT2D eigenvalue weighted by Gasteiger charge is -2.02. The van der Waals surface area contributed by atoms with Crippen molar-refractivity contribution in [1.82, 2.24) is 9.97 Å². The lowest BCUT2D eigenvalue weighted by atomic mass is 10.1. The molecule has 5 aromatic rings. The first-order valence-corrected chi connectivity index (χ1v) is 8.31. The van der Waals surface area contributed by atoms with Crippen LogP contribution >= 0.6 is 11.3 Å². The Morgan fingerprint density at radius 1 is 0.913 bits per heavy atom. The van der Waals surface area contributed by atoms with Crippen LogP contribution in [0.3, 0.4) is 0 Å². The summed E-state index contributed by atoms with van der Waals surface area (Å²) in [5, 5.41) is 5.37. The van der Waals surface area contributed by atoms with Crippen molar-refractivity contribution in [3.63, 3.8) is 0 Å². The molecule has 0 aliphatic carbocycles. The molecule has 0 aliphatic rings. The van der Waals surface area contributed by atoms with Crippen molar-refractivity contribution in [1.29, 1.82) is 0 Å². The molecule has 0 atom stereocenters. The van der Waals surface area contributed by atoms with Crippen LogP contribution in [-0.4, -0.2) is 9.97 Å². The maximum absolute atomic E-state index is 6.06. The molecular weight excluding hydrogens is 304 g/mol. The van der Waals surface area contributed by atoms with Crippen LogP contribution in [0.25, 0.3) is 43.5 Å². The van der Waals surface area contributed by atoms with Crippen LogP contribution in [0, 0.1) is 6.92 Å². The summed E-state index contributed by atoms with van der Waals surface area (Å²) in [6.45, 7) is 1.97. The van der Waals surface area contributed by atoms with Crippen molar-refractivity contribution in [2.45, 2.75) is 6.92 Å². The van der Waals surface area contributed by atoms with Gasteiger partial charge in [0, 0.05) is 27.4 Å². The minimum atomic E-state index is 0.685. The van der Waals surface area contributed by atoms with E-state index in [1.165, 1.54) is 5.39 Å². The van der Waals surface area contributed by atoms with E-state index < -0.39 is 0 Å². The number of nitrogens with zero attached hydrogens (tertiary/aromatic N) is 2. The Hall–Kier alpha value is -2.72. The topological polar surface area (TPSA) is 38.9 Å². The second kappa shape index (κ2) is 4.64. The number of thiophene rings is 1. The molecule has 1 aromatic carbocycles. The normalized spacial score (nSPS) is 11.7. The fourth-order valence-electron chi connectivity index (χ4n) is 2.97. The van der Waals surface area contributed by atoms with E-state index in [4.69, 9.17) is 9.40 Å². The molecule has 0 bridgehead atoms. The average molecular weight is 316 g/mol. The van der Waals surface area contributed by atoms with Gasteiger partial charge in [0.05, 0.1) is 5.69 Å². The number of hydrogen-bond acceptors (Lipinski definition) is 4. The molecular formula is C19H12N2OS. The van der Waals surface area contributed by atoms with Crippen LogP contribution in [-0.2, 0) is 0 Å². The summed E-state index contributed by atoms with van der Waals surface area (Å²) in [7, 11) is 0. The minimum absolute atomic E-state index is 0.685. The Morgan fingerprint density at radius 3 is 2.83 bits per heavy atom. The van der Waals surface area contributed by atoms with Gasteiger partial charge in [-0.05, 0) is 48.7 Å². The zero-order valence-corrected chi connectivity index (χ0v) is 13.2. The largest absolute Gasteiger partial charge is 0.437 e. The lowest BCUT2D eigenvalue weighted by Crippen LogP contribution is -1.83. The van der Waals surface area contributed by atoms with E-state index in [9.17, 15) is 0 Å². The second-order valence-electron chi connectivity index (χ2n) is 5.60. The molecule has 4 heterocycles. The van der Waals surface area contributed by atoms with E-state index in [1.54, 1.807) is 11.3 Å². The molecule has 5 rings (SSSR count). The zero-order chi connectivity index (χ0) is 15.4. The van der Waals surface area contributed by atoms with E-state index >= 15 is 0 Å². The van der Waals surface area contributed by atoms with Gasteiger partial charge in [0.25, 0.3) is 0 Å². The molecule has 0 N–H and O–H groups in total. The van der Waals surface area contributed by atoms with Gasteiger partial charge in [0.2, 0.25) is 5.71 Å². The van der Waals surface area contributed by atoms with Gasteiger partial charge in [-0.2, -0.15) is 0 Å². The Bertz CT molecular complexity index is 1190. The predicted octanol–water partition coefficient (Wildman–Crippen LogP) is 5.57. The Labute approximate surface area is 136 Å². The molecule has 0 saturated carbocycles. The Morgan fingerprint density at radius 2 is 1.87 bits per heavy atom. The molecule has 0 aliphatic heterocycles. The van der Waals surface area contributed by atoms with Gasteiger partial charge in [0.1, 0.15) is 10.4 Å². The van der Waals surface area contributed by atoms with Gasteiger partial charge >= 0.3 is 0 Å². The Balaban J connectivity index is 1.85. The molecule has 0 radical (unpaired) electrons. The van der Waals surface area contributed by atoms with Crippen LogP contribution in [0.5, 0.6) is 0 Å². The number of rotatable bonds is 1. The highest BCUT2D eigenvalue weighted by Gasteiger charge is 2.14. The molecule has 4 aromatic heterocycles. The van der Waals surface area contributed by atoms with Crippen molar-refractivity contribution < 1.29 is 4.42 Å². The highest BCUT2D eigenvalue weighted by Crippen LogP contribution is 2.35. The summed E-state index contributed by atoms with van der Waals surface area (Å²) in [5.74, 6) is 0. The van der Waals surface area contributed by atoms with Gasteiger partial charge < -0.3 is 4.42 Å². The molecule has 23 heavy (non-hydrogen) atoms. The first kappa shape index (κ1) is 12.8. The molecule has 0 unspecified atom stereocenters. The van der Waals surface area contributed by atoms with E-state index in [2.05, 4.69) is 46.8 Å². The number of fused-ring (bicyclic) bond motifs is 4. The first-order chi connectivity index (χ1) is 11.3. The van der Waals surface area contributed by atoms with Crippen molar-refractivity contribution in [3.8, 4) is 11.3 Å². The summed E-state index contributed by atoms with van der Waals surface area (Å²) < 4.78 is 6.06. The monoisotopic (exact) mass is 316 g/mol. The van der Waals surface area contributed by atoms with Gasteiger partial charge in [-0.3, -0.25) is 0 Å². The maximum atomic E-state index is 6.06. The highest BCUT2D eigenvalue weighted by molar-refractivity contribution is 7.16. The second-order valence-corrected chi connectivity index (χ2v) is 6.50. The number of benzene rings is 1. The average Bonchev–Trinajstić information content (AvgIpc) is 3.17. The van der Waals surface area contributed by atoms with Crippen LogP contribution in [0.15, 0.2) is 58.3 Å². The third-order valence-corrected chi connectivity index (χ3v) is 4.92. The summed E-state index contributed by atoms with van der Waals surface area (Å²) >= 11 is 1.65. The van der Waals surface area contributed by atoms with Crippen molar-refractivity contribution >= 4 is 43.6 Å². The fourth-order valence-corrected chi connectivity index (χ4v) is 3.73. The van der Waals surface area contributed by atoms with Gasteiger partial charge in [-0.25, -0.2) is 9.97 Å². The SMILES string of the molecule is Cc1ccc2c(n1)oc1c(-c3ccc4ccsc4n3)cccc12. The van der Waals surface area contributed by atoms with Gasteiger partial charge in [-0.1, -0.05) is 12.1 Å². The molecule has 0 saturated heterocycles. The van der Waals surface area contributed by atoms with Crippen molar-refractivity contribution in [2.24, 2.45) is 0 Å². The molecule has 0 amide bonds. The number of aromatic nitrogens is 2. The highest BCUT2D eigenvalue weighted by atomic mass is 32.1. The van der Waals surface area contributed by atoms with Crippen molar-refractivity contribution in [3.05, 3.63) is 59.6 Å². The fraction of sp³-hybridized carbons (Fsp3) is 0.0526. The van der Waals surface area contributed by atoms with Crippen LogP contribution in [0.1, 0.15) is 5.69 Å². The van der Waals surface area contributed by atoms with E-state index in [-0.39, 0.29) is 0 Å². The number of aryl methyl sites for hydroxylation is 1. The smallest absolute Gasteiger partial charge is 0.227 e. The zero-order valence-electron chi connectivity index (χ0n) is 12.4. The predicted molar refractivity (Wildman–Crippen MR) is 94.9 cm³/mol.